The third-order valence-corrected chi connectivity index (χ3v) is 5.38. The van der Waals surface area contributed by atoms with Crippen molar-refractivity contribution in [1.82, 2.24) is 24.8 Å². The lowest BCUT2D eigenvalue weighted by Crippen LogP contribution is -2.21. The van der Waals surface area contributed by atoms with Gasteiger partial charge in [0.15, 0.2) is 0 Å². The predicted octanol–water partition coefficient (Wildman–Crippen LogP) is 6.00. The van der Waals surface area contributed by atoms with Crippen molar-refractivity contribution in [2.75, 3.05) is 19.6 Å². The number of nitrogens with one attached hydrogen (secondary N) is 2. The molecule has 0 aliphatic carbocycles. The molecular weight excluding hydrogens is 382 g/mol. The molecule has 0 aromatic carbocycles. The first-order valence-electron chi connectivity index (χ1n) is 10.9. The zero-order chi connectivity index (χ0) is 21.6. The molecule has 3 aromatic rings. The molecular formula is C26H29N5. The van der Waals surface area contributed by atoms with Gasteiger partial charge in [0.05, 0.1) is 22.8 Å². The van der Waals surface area contributed by atoms with E-state index in [-0.39, 0.29) is 0 Å². The molecule has 0 saturated heterocycles. The Labute approximate surface area is 183 Å². The molecule has 0 saturated carbocycles. The summed E-state index contributed by atoms with van der Waals surface area (Å²) in [6.45, 7) is 10.1. The van der Waals surface area contributed by atoms with Crippen LogP contribution in [0.5, 0.6) is 0 Å². The molecule has 2 aliphatic heterocycles. The van der Waals surface area contributed by atoms with Gasteiger partial charge in [0.2, 0.25) is 0 Å². The van der Waals surface area contributed by atoms with Gasteiger partial charge in [-0.3, -0.25) is 0 Å². The van der Waals surface area contributed by atoms with Gasteiger partial charge in [-0.05, 0) is 92.5 Å². The maximum absolute atomic E-state index is 4.63. The smallest absolute Gasteiger partial charge is 0.0658 e. The van der Waals surface area contributed by atoms with Crippen molar-refractivity contribution in [2.24, 2.45) is 0 Å². The number of H-pyrrole nitrogens is 2. The van der Waals surface area contributed by atoms with Crippen LogP contribution in [-0.4, -0.2) is 44.5 Å². The molecule has 5 heteroatoms. The van der Waals surface area contributed by atoms with Gasteiger partial charge in [-0.25, -0.2) is 9.97 Å². The summed E-state index contributed by atoms with van der Waals surface area (Å²) in [5.41, 5.74) is 7.86. The van der Waals surface area contributed by atoms with Crippen molar-refractivity contribution in [3.63, 3.8) is 0 Å². The Morgan fingerprint density at radius 1 is 0.548 bits per heavy atom. The molecule has 0 fully saturated rings. The van der Waals surface area contributed by atoms with E-state index in [2.05, 4.69) is 69.9 Å². The number of aromatic nitrogens is 4. The molecule has 5 nitrogen and oxygen atoms in total. The lowest BCUT2D eigenvalue weighted by Gasteiger charge is -2.13. The van der Waals surface area contributed by atoms with Crippen LogP contribution in [0.3, 0.4) is 0 Å². The first-order chi connectivity index (χ1) is 15.1. The summed E-state index contributed by atoms with van der Waals surface area (Å²) in [6, 6.07) is 16.4. The highest BCUT2D eigenvalue weighted by Crippen LogP contribution is 2.16. The molecule has 0 amide bonds. The van der Waals surface area contributed by atoms with Crippen molar-refractivity contribution in [2.45, 2.75) is 20.8 Å². The lowest BCUT2D eigenvalue weighted by atomic mass is 10.3. The van der Waals surface area contributed by atoms with Crippen LogP contribution < -0.4 is 0 Å². The molecule has 158 valence electrons. The first kappa shape index (κ1) is 20.8. The summed E-state index contributed by atoms with van der Waals surface area (Å²) in [7, 11) is 0. The molecule has 0 spiro atoms. The van der Waals surface area contributed by atoms with Gasteiger partial charge in [-0.2, -0.15) is 0 Å². The highest BCUT2D eigenvalue weighted by Gasteiger charge is 2.01. The van der Waals surface area contributed by atoms with E-state index in [9.17, 15) is 0 Å². The Hall–Kier alpha value is -3.44. The first-order valence-corrected chi connectivity index (χ1v) is 10.9. The minimum atomic E-state index is 0.939. The van der Waals surface area contributed by atoms with Gasteiger partial charge in [0, 0.05) is 22.1 Å². The molecule has 0 unspecified atom stereocenters. The highest BCUT2D eigenvalue weighted by atomic mass is 15.1. The molecule has 3 aromatic heterocycles. The van der Waals surface area contributed by atoms with Crippen LogP contribution in [-0.2, 0) is 0 Å². The monoisotopic (exact) mass is 411 g/mol. The fourth-order valence-corrected chi connectivity index (χ4v) is 3.61. The standard InChI is InChI=1S/C20H14N4.C6H15N/c1-2-14-10-16-5-6-18(23-16)12-20-8-7-19(24-20)11-17-4-3-15(22-17)9-13(1)21-14;1-4-7(5-2)6-3/h1-12,21,24H;4-6H2,1-3H3. The highest BCUT2D eigenvalue weighted by molar-refractivity contribution is 5.77. The van der Waals surface area contributed by atoms with Crippen LogP contribution in [0.4, 0.5) is 0 Å². The topological polar surface area (TPSA) is 60.6 Å². The van der Waals surface area contributed by atoms with Crippen LogP contribution in [0.25, 0.3) is 46.4 Å². The number of hydrogen-bond donors (Lipinski definition) is 2. The fraction of sp³-hybridized carbons (Fsp3) is 0.231. The molecule has 2 aliphatic rings. The zero-order valence-electron chi connectivity index (χ0n) is 18.4. The summed E-state index contributed by atoms with van der Waals surface area (Å²) in [4.78, 5) is 18.4. The van der Waals surface area contributed by atoms with E-state index >= 15 is 0 Å². The second-order valence-corrected chi connectivity index (χ2v) is 7.52. The fourth-order valence-electron chi connectivity index (χ4n) is 3.61. The summed E-state index contributed by atoms with van der Waals surface area (Å²) in [5.74, 6) is 0. The lowest BCUT2D eigenvalue weighted by molar-refractivity contribution is 0.321. The summed E-state index contributed by atoms with van der Waals surface area (Å²) < 4.78 is 0. The average molecular weight is 412 g/mol. The zero-order valence-corrected chi connectivity index (χ0v) is 18.4. The van der Waals surface area contributed by atoms with Crippen LogP contribution in [0.2, 0.25) is 0 Å². The van der Waals surface area contributed by atoms with Crippen LogP contribution in [0, 0.1) is 0 Å². The number of rotatable bonds is 3. The maximum atomic E-state index is 4.63. The Bertz CT molecular complexity index is 1080. The normalized spacial score (nSPS) is 12.1. The van der Waals surface area contributed by atoms with E-state index in [4.69, 9.17) is 0 Å². The Morgan fingerprint density at radius 2 is 0.839 bits per heavy atom. The van der Waals surface area contributed by atoms with Gasteiger partial charge in [0.1, 0.15) is 0 Å². The van der Waals surface area contributed by atoms with Gasteiger partial charge >= 0.3 is 0 Å². The van der Waals surface area contributed by atoms with E-state index in [1.165, 1.54) is 19.6 Å². The van der Waals surface area contributed by atoms with E-state index in [0.29, 0.717) is 0 Å². The van der Waals surface area contributed by atoms with Crippen molar-refractivity contribution in [3.05, 3.63) is 71.3 Å². The van der Waals surface area contributed by atoms with Gasteiger partial charge in [-0.15, -0.1) is 0 Å². The van der Waals surface area contributed by atoms with Crippen molar-refractivity contribution in [3.8, 4) is 0 Å². The largest absolute Gasteiger partial charge is 0.355 e. The van der Waals surface area contributed by atoms with Gasteiger partial charge in [-0.1, -0.05) is 20.8 Å². The van der Waals surface area contributed by atoms with E-state index in [0.717, 1.165) is 44.8 Å². The van der Waals surface area contributed by atoms with Crippen LogP contribution in [0.1, 0.15) is 43.5 Å². The molecule has 0 radical (unpaired) electrons. The Kier molecular flexibility index (Phi) is 6.43. The number of aromatic amines is 2. The average Bonchev–Trinajstić information content (AvgIpc) is 3.56. The van der Waals surface area contributed by atoms with Crippen molar-refractivity contribution < 1.29 is 0 Å². The van der Waals surface area contributed by atoms with Crippen LogP contribution in [0.15, 0.2) is 48.5 Å². The van der Waals surface area contributed by atoms with Crippen molar-refractivity contribution in [1.29, 1.82) is 0 Å². The van der Waals surface area contributed by atoms with Crippen LogP contribution >= 0.6 is 0 Å². The van der Waals surface area contributed by atoms with Gasteiger partial charge < -0.3 is 14.9 Å². The maximum Gasteiger partial charge on any atom is 0.0658 e. The van der Waals surface area contributed by atoms with E-state index in [1.54, 1.807) is 0 Å². The molecule has 31 heavy (non-hydrogen) atoms. The minimum absolute atomic E-state index is 0.939. The SMILES string of the molecule is C1=Cc2cc3ccc(cc4nc(cc5ccc(cc1n2)[nH]5)C=C4)[nH]3.CCN(CC)CC. The number of nitrogens with zero attached hydrogens (tertiary/aromatic N) is 3. The van der Waals surface area contributed by atoms with E-state index < -0.39 is 0 Å². The van der Waals surface area contributed by atoms with E-state index in [1.807, 2.05) is 48.6 Å². The Balaban J connectivity index is 0.000000289. The minimum Gasteiger partial charge on any atom is -0.355 e. The van der Waals surface area contributed by atoms with Crippen molar-refractivity contribution >= 4 is 46.4 Å². The molecule has 2 N–H and O–H groups in total. The van der Waals surface area contributed by atoms with Gasteiger partial charge in [0.25, 0.3) is 0 Å². The summed E-state index contributed by atoms with van der Waals surface area (Å²) in [5, 5.41) is 0. The third-order valence-electron chi connectivity index (χ3n) is 5.38. The number of fused-ring (bicyclic) bond motifs is 8. The molecule has 8 bridgehead atoms. The second-order valence-electron chi connectivity index (χ2n) is 7.52. The molecule has 5 heterocycles. The summed E-state index contributed by atoms with van der Waals surface area (Å²) >= 11 is 0. The quantitative estimate of drug-likeness (QED) is 0.382. The molecule has 5 rings (SSSR count). The number of hydrogen-bond acceptors (Lipinski definition) is 3. The molecule has 0 atom stereocenters. The Morgan fingerprint density at radius 3 is 1.06 bits per heavy atom. The second kappa shape index (κ2) is 9.58. The predicted molar refractivity (Wildman–Crippen MR) is 132 cm³/mol. The summed E-state index contributed by atoms with van der Waals surface area (Å²) in [6.07, 6.45) is 8.09. The third kappa shape index (κ3) is 5.38.